The molecule has 0 spiro atoms. The molecule has 0 unspecified atom stereocenters. The molecule has 24 heavy (non-hydrogen) atoms. The Labute approximate surface area is 140 Å². The number of amides is 1. The van der Waals surface area contributed by atoms with Crippen LogP contribution in [-0.4, -0.2) is 25.6 Å². The minimum absolute atomic E-state index is 0.184. The van der Waals surface area contributed by atoms with Crippen LogP contribution in [0.25, 0.3) is 10.9 Å². The maximum absolute atomic E-state index is 12.4. The summed E-state index contributed by atoms with van der Waals surface area (Å²) in [6.45, 7) is 1.94. The summed E-state index contributed by atoms with van der Waals surface area (Å²) in [6.07, 6.45) is 1.36. The van der Waals surface area contributed by atoms with Gasteiger partial charge in [0.25, 0.3) is 0 Å². The lowest BCUT2D eigenvalue weighted by atomic mass is 10.1. The number of aryl methyl sites for hydroxylation is 1. The van der Waals surface area contributed by atoms with E-state index in [9.17, 15) is 13.2 Å². The molecular formula is C18H18N2O3S. The molecule has 0 aliphatic carbocycles. The Kier molecular flexibility index (Phi) is 4.15. The number of fused-ring (bicyclic) bond motifs is 1. The molecule has 0 bridgehead atoms. The second kappa shape index (κ2) is 6.13. The first-order valence-corrected chi connectivity index (χ1v) is 9.40. The predicted molar refractivity (Wildman–Crippen MR) is 94.9 cm³/mol. The fourth-order valence-corrected chi connectivity index (χ4v) is 3.40. The van der Waals surface area contributed by atoms with Gasteiger partial charge in [0.05, 0.1) is 11.3 Å². The van der Waals surface area contributed by atoms with Crippen LogP contribution in [0.1, 0.15) is 11.3 Å². The Balaban J connectivity index is 1.82. The van der Waals surface area contributed by atoms with E-state index in [1.54, 1.807) is 12.1 Å². The molecule has 0 saturated carbocycles. The maximum atomic E-state index is 12.4. The first-order chi connectivity index (χ1) is 11.3. The van der Waals surface area contributed by atoms with Gasteiger partial charge in [-0.3, -0.25) is 4.79 Å². The van der Waals surface area contributed by atoms with Gasteiger partial charge in [-0.2, -0.15) is 0 Å². The summed E-state index contributed by atoms with van der Waals surface area (Å²) in [7, 11) is -3.30. The van der Waals surface area contributed by atoms with E-state index in [1.807, 2.05) is 31.2 Å². The van der Waals surface area contributed by atoms with Crippen molar-refractivity contribution in [1.29, 1.82) is 0 Å². The Hall–Kier alpha value is -2.60. The third-order valence-corrected chi connectivity index (χ3v) is 5.02. The Morgan fingerprint density at radius 3 is 2.62 bits per heavy atom. The summed E-state index contributed by atoms with van der Waals surface area (Å²) in [5, 5.41) is 3.79. The summed E-state index contributed by atoms with van der Waals surface area (Å²) >= 11 is 0. The molecule has 0 saturated heterocycles. The van der Waals surface area contributed by atoms with Crippen molar-refractivity contribution >= 4 is 32.3 Å². The standard InChI is InChI=1S/C18H18N2O3S/c1-12-16(15-8-3-4-9-17(15)19-12)11-18(21)20-13-6-5-7-14(10-13)24(2,22)23/h3-10,19H,11H2,1-2H3,(H,20,21). The van der Waals surface area contributed by atoms with E-state index in [4.69, 9.17) is 0 Å². The highest BCUT2D eigenvalue weighted by Crippen LogP contribution is 2.23. The molecule has 0 radical (unpaired) electrons. The lowest BCUT2D eigenvalue weighted by Gasteiger charge is -2.07. The van der Waals surface area contributed by atoms with Crippen LogP contribution in [0.15, 0.2) is 53.4 Å². The monoisotopic (exact) mass is 342 g/mol. The van der Waals surface area contributed by atoms with Gasteiger partial charge in [-0.25, -0.2) is 8.42 Å². The molecule has 1 amide bonds. The van der Waals surface area contributed by atoms with Gasteiger partial charge in [0, 0.05) is 28.5 Å². The van der Waals surface area contributed by atoms with Crippen molar-refractivity contribution in [3.05, 3.63) is 59.8 Å². The molecule has 124 valence electrons. The van der Waals surface area contributed by atoms with Crippen molar-refractivity contribution in [2.75, 3.05) is 11.6 Å². The molecule has 2 N–H and O–H groups in total. The summed E-state index contributed by atoms with van der Waals surface area (Å²) in [5.74, 6) is -0.187. The van der Waals surface area contributed by atoms with E-state index in [1.165, 1.54) is 12.1 Å². The largest absolute Gasteiger partial charge is 0.358 e. The number of benzene rings is 2. The lowest BCUT2D eigenvalue weighted by Crippen LogP contribution is -2.15. The molecule has 0 aliphatic heterocycles. The molecule has 5 nitrogen and oxygen atoms in total. The average Bonchev–Trinajstić information content (AvgIpc) is 2.83. The Morgan fingerprint density at radius 2 is 1.88 bits per heavy atom. The molecule has 6 heteroatoms. The number of para-hydroxylation sites is 1. The fourth-order valence-electron chi connectivity index (χ4n) is 2.73. The maximum Gasteiger partial charge on any atom is 0.228 e. The minimum Gasteiger partial charge on any atom is -0.358 e. The number of aromatic amines is 1. The lowest BCUT2D eigenvalue weighted by molar-refractivity contribution is -0.115. The third-order valence-electron chi connectivity index (χ3n) is 3.91. The first kappa shape index (κ1) is 16.3. The highest BCUT2D eigenvalue weighted by atomic mass is 32.2. The number of carbonyl (C=O) groups excluding carboxylic acids is 1. The van der Waals surface area contributed by atoms with Crippen LogP contribution in [-0.2, 0) is 21.1 Å². The van der Waals surface area contributed by atoms with Crippen LogP contribution < -0.4 is 5.32 Å². The van der Waals surface area contributed by atoms with E-state index in [-0.39, 0.29) is 17.2 Å². The van der Waals surface area contributed by atoms with Crippen LogP contribution in [0.3, 0.4) is 0 Å². The van der Waals surface area contributed by atoms with Crippen molar-refractivity contribution < 1.29 is 13.2 Å². The number of rotatable bonds is 4. The van der Waals surface area contributed by atoms with E-state index in [2.05, 4.69) is 10.3 Å². The van der Waals surface area contributed by atoms with Gasteiger partial charge in [-0.05, 0) is 36.8 Å². The predicted octanol–water partition coefficient (Wildman–Crippen LogP) is 3.06. The number of anilines is 1. The molecule has 0 atom stereocenters. The van der Waals surface area contributed by atoms with Crippen LogP contribution in [0.4, 0.5) is 5.69 Å². The first-order valence-electron chi connectivity index (χ1n) is 7.51. The molecule has 0 fully saturated rings. The molecule has 0 aliphatic rings. The molecule has 1 heterocycles. The van der Waals surface area contributed by atoms with Gasteiger partial charge in [0.15, 0.2) is 9.84 Å². The zero-order valence-electron chi connectivity index (χ0n) is 13.5. The van der Waals surface area contributed by atoms with Gasteiger partial charge in [-0.1, -0.05) is 24.3 Å². The van der Waals surface area contributed by atoms with Crippen LogP contribution in [0, 0.1) is 6.92 Å². The highest BCUT2D eigenvalue weighted by molar-refractivity contribution is 7.90. The van der Waals surface area contributed by atoms with Crippen molar-refractivity contribution in [1.82, 2.24) is 4.98 Å². The average molecular weight is 342 g/mol. The topological polar surface area (TPSA) is 79.0 Å². The smallest absolute Gasteiger partial charge is 0.228 e. The third kappa shape index (κ3) is 3.33. The molecule has 1 aromatic heterocycles. The number of H-pyrrole nitrogens is 1. The molecule has 2 aromatic carbocycles. The van der Waals surface area contributed by atoms with E-state index < -0.39 is 9.84 Å². The molecule has 3 rings (SSSR count). The summed E-state index contributed by atoms with van der Waals surface area (Å²) in [6, 6.07) is 14.1. The van der Waals surface area contributed by atoms with Crippen molar-refractivity contribution in [2.24, 2.45) is 0 Å². The normalized spacial score (nSPS) is 11.6. The number of carbonyl (C=O) groups is 1. The van der Waals surface area contributed by atoms with Crippen molar-refractivity contribution in [3.63, 3.8) is 0 Å². The van der Waals surface area contributed by atoms with Gasteiger partial charge in [0.1, 0.15) is 0 Å². The zero-order chi connectivity index (χ0) is 17.3. The second-order valence-electron chi connectivity index (χ2n) is 5.80. The fraction of sp³-hybridized carbons (Fsp3) is 0.167. The number of hydrogen-bond acceptors (Lipinski definition) is 3. The van der Waals surface area contributed by atoms with Crippen LogP contribution in [0.2, 0.25) is 0 Å². The van der Waals surface area contributed by atoms with E-state index in [0.717, 1.165) is 28.4 Å². The SMILES string of the molecule is Cc1[nH]c2ccccc2c1CC(=O)Nc1cccc(S(C)(=O)=O)c1. The van der Waals surface area contributed by atoms with Gasteiger partial charge in [-0.15, -0.1) is 0 Å². The zero-order valence-corrected chi connectivity index (χ0v) is 14.3. The Morgan fingerprint density at radius 1 is 1.12 bits per heavy atom. The minimum atomic E-state index is -3.30. The van der Waals surface area contributed by atoms with Gasteiger partial charge in [0.2, 0.25) is 5.91 Å². The summed E-state index contributed by atoms with van der Waals surface area (Å²) in [4.78, 5) is 15.8. The second-order valence-corrected chi connectivity index (χ2v) is 7.81. The van der Waals surface area contributed by atoms with Crippen LogP contribution in [0.5, 0.6) is 0 Å². The quantitative estimate of drug-likeness (QED) is 0.765. The van der Waals surface area contributed by atoms with Gasteiger partial charge >= 0.3 is 0 Å². The molecule has 3 aromatic rings. The Bertz CT molecular complexity index is 1020. The summed E-state index contributed by atoms with van der Waals surface area (Å²) in [5.41, 5.74) is 3.37. The number of nitrogens with one attached hydrogen (secondary N) is 2. The highest BCUT2D eigenvalue weighted by Gasteiger charge is 2.13. The van der Waals surface area contributed by atoms with Crippen molar-refractivity contribution in [2.45, 2.75) is 18.2 Å². The number of sulfone groups is 1. The summed E-state index contributed by atoms with van der Waals surface area (Å²) < 4.78 is 23.2. The van der Waals surface area contributed by atoms with Crippen molar-refractivity contribution in [3.8, 4) is 0 Å². The number of hydrogen-bond donors (Lipinski definition) is 2. The van der Waals surface area contributed by atoms with E-state index >= 15 is 0 Å². The van der Waals surface area contributed by atoms with Gasteiger partial charge < -0.3 is 10.3 Å². The number of aromatic nitrogens is 1. The van der Waals surface area contributed by atoms with E-state index in [0.29, 0.717) is 5.69 Å². The van der Waals surface area contributed by atoms with Crippen LogP contribution >= 0.6 is 0 Å². The molecular weight excluding hydrogens is 324 g/mol.